The Morgan fingerprint density at radius 1 is 0.767 bits per heavy atom. The number of rotatable bonds is 7. The molecule has 0 radical (unpaired) electrons. The maximum absolute atomic E-state index is 12.8. The number of carbonyl (C=O) groups is 2. The molecule has 0 unspecified atom stereocenters. The highest BCUT2D eigenvalue weighted by molar-refractivity contribution is 6.31. The lowest BCUT2D eigenvalue weighted by Gasteiger charge is -2.14. The van der Waals surface area contributed by atoms with Crippen molar-refractivity contribution < 1.29 is 19.1 Å². The fourth-order valence-corrected chi connectivity index (χ4v) is 3.03. The fourth-order valence-electron chi connectivity index (χ4n) is 3.03. The number of hydrogen-bond donors (Lipinski definition) is 1. The molecule has 0 bridgehead atoms. The van der Waals surface area contributed by atoms with Gasteiger partial charge in [-0.15, -0.1) is 0 Å². The minimum atomic E-state index is -0.453. The molecule has 30 heavy (non-hydrogen) atoms. The van der Waals surface area contributed by atoms with E-state index in [4.69, 9.17) is 9.47 Å². The molecular formula is C24H20N2O4. The minimum absolute atomic E-state index is 0.0513. The molecule has 1 heterocycles. The number of carbonyl (C=O) groups excluding carboxylic acids is 2. The summed E-state index contributed by atoms with van der Waals surface area (Å²) in [6, 6.07) is 25.7. The maximum Gasteiger partial charge on any atom is 0.282 e. The Labute approximate surface area is 174 Å². The Morgan fingerprint density at radius 2 is 1.40 bits per heavy atom. The summed E-state index contributed by atoms with van der Waals surface area (Å²) in [6.45, 7) is 0.696. The largest absolute Gasteiger partial charge is 0.490 e. The van der Waals surface area contributed by atoms with Gasteiger partial charge in [-0.05, 0) is 36.4 Å². The van der Waals surface area contributed by atoms with E-state index >= 15 is 0 Å². The molecule has 0 saturated carbocycles. The van der Waals surface area contributed by atoms with Crippen molar-refractivity contribution in [3.63, 3.8) is 0 Å². The summed E-state index contributed by atoms with van der Waals surface area (Å²) >= 11 is 0. The van der Waals surface area contributed by atoms with Gasteiger partial charge in [-0.25, -0.2) is 5.01 Å². The Bertz CT molecular complexity index is 1060. The zero-order chi connectivity index (χ0) is 20.8. The molecule has 0 aromatic heterocycles. The van der Waals surface area contributed by atoms with Crippen LogP contribution >= 0.6 is 0 Å². The Kier molecular flexibility index (Phi) is 5.75. The Hall–Kier alpha value is -4.06. The number of nitrogens with zero attached hydrogens (tertiary/aromatic N) is 1. The molecule has 1 fully saturated rings. The van der Waals surface area contributed by atoms with Crippen LogP contribution < -0.4 is 19.9 Å². The summed E-state index contributed by atoms with van der Waals surface area (Å²) in [4.78, 5) is 25.2. The number of ether oxygens (including phenoxy) is 2. The number of hydrazine groups is 1. The molecule has 3 aromatic carbocycles. The second-order valence-corrected chi connectivity index (χ2v) is 6.52. The van der Waals surface area contributed by atoms with E-state index in [9.17, 15) is 9.59 Å². The smallest absolute Gasteiger partial charge is 0.282 e. The lowest BCUT2D eigenvalue weighted by molar-refractivity contribution is -0.117. The third-order valence-electron chi connectivity index (χ3n) is 4.48. The van der Waals surface area contributed by atoms with Gasteiger partial charge in [-0.3, -0.25) is 15.0 Å². The standard InChI is InChI=1S/C24H20N2O4/c27-23-21(24(28)26(25-23)19-10-3-1-4-11-19)17-18-9-7-8-14-22(18)30-16-15-29-20-12-5-2-6-13-20/h1-14,17H,15-16H2,(H,25,27)/b21-17+. The first-order chi connectivity index (χ1) is 14.7. The fraction of sp³-hybridized carbons (Fsp3) is 0.0833. The lowest BCUT2D eigenvalue weighted by atomic mass is 10.1. The van der Waals surface area contributed by atoms with Crippen molar-refractivity contribution >= 4 is 23.6 Å². The van der Waals surface area contributed by atoms with Crippen molar-refractivity contribution in [3.8, 4) is 11.5 Å². The summed E-state index contributed by atoms with van der Waals surface area (Å²) in [5.41, 5.74) is 3.89. The maximum atomic E-state index is 12.8. The number of anilines is 1. The van der Waals surface area contributed by atoms with Gasteiger partial charge >= 0.3 is 0 Å². The second kappa shape index (κ2) is 8.96. The quantitative estimate of drug-likeness (QED) is 0.374. The van der Waals surface area contributed by atoms with Crippen LogP contribution in [-0.4, -0.2) is 25.0 Å². The summed E-state index contributed by atoms with van der Waals surface area (Å²) < 4.78 is 11.5. The molecule has 6 heteroatoms. The molecule has 3 aromatic rings. The molecule has 4 rings (SSSR count). The predicted molar refractivity (Wildman–Crippen MR) is 114 cm³/mol. The minimum Gasteiger partial charge on any atom is -0.490 e. The zero-order valence-corrected chi connectivity index (χ0v) is 16.2. The van der Waals surface area contributed by atoms with E-state index in [-0.39, 0.29) is 5.57 Å². The molecule has 1 saturated heterocycles. The first kappa shape index (κ1) is 19.3. The zero-order valence-electron chi connectivity index (χ0n) is 16.2. The molecule has 0 spiro atoms. The SMILES string of the molecule is O=C1NN(c2ccccc2)C(=O)/C1=C/c1ccccc1OCCOc1ccccc1. The van der Waals surface area contributed by atoms with E-state index in [1.165, 1.54) is 5.01 Å². The number of amides is 2. The van der Waals surface area contributed by atoms with Gasteiger partial charge in [0, 0.05) is 5.56 Å². The van der Waals surface area contributed by atoms with Gasteiger partial charge in [0.1, 0.15) is 30.3 Å². The van der Waals surface area contributed by atoms with E-state index in [0.29, 0.717) is 30.2 Å². The normalized spacial score (nSPS) is 14.7. The lowest BCUT2D eigenvalue weighted by Crippen LogP contribution is -2.35. The highest BCUT2D eigenvalue weighted by Crippen LogP contribution is 2.25. The van der Waals surface area contributed by atoms with Gasteiger partial charge in [0.15, 0.2) is 0 Å². The van der Waals surface area contributed by atoms with Gasteiger partial charge in [-0.1, -0.05) is 54.6 Å². The summed E-state index contributed by atoms with van der Waals surface area (Å²) in [6.07, 6.45) is 1.55. The average Bonchev–Trinajstić information content (AvgIpc) is 3.07. The average molecular weight is 400 g/mol. The molecule has 1 aliphatic rings. The predicted octanol–water partition coefficient (Wildman–Crippen LogP) is 3.61. The molecule has 1 N–H and O–H groups in total. The molecule has 6 nitrogen and oxygen atoms in total. The van der Waals surface area contributed by atoms with Crippen LogP contribution in [0.25, 0.3) is 6.08 Å². The van der Waals surface area contributed by atoms with Gasteiger partial charge in [0.2, 0.25) is 0 Å². The number of hydrogen-bond acceptors (Lipinski definition) is 4. The van der Waals surface area contributed by atoms with Crippen LogP contribution in [0.15, 0.2) is 90.5 Å². The Balaban J connectivity index is 1.46. The van der Waals surface area contributed by atoms with Gasteiger partial charge in [0.05, 0.1) is 5.69 Å². The number of benzene rings is 3. The third kappa shape index (κ3) is 4.33. The van der Waals surface area contributed by atoms with Gasteiger partial charge in [-0.2, -0.15) is 0 Å². The van der Waals surface area contributed by atoms with Crippen LogP contribution in [0, 0.1) is 0 Å². The van der Waals surface area contributed by atoms with Crippen LogP contribution in [0.1, 0.15) is 5.56 Å². The highest BCUT2D eigenvalue weighted by Gasteiger charge is 2.34. The first-order valence-electron chi connectivity index (χ1n) is 9.54. The molecular weight excluding hydrogens is 380 g/mol. The van der Waals surface area contributed by atoms with Crippen LogP contribution in [0.3, 0.4) is 0 Å². The molecule has 1 aliphatic heterocycles. The molecule has 0 aliphatic carbocycles. The Morgan fingerprint density at radius 3 is 2.17 bits per heavy atom. The van der Waals surface area contributed by atoms with Crippen molar-refractivity contribution in [1.29, 1.82) is 0 Å². The van der Waals surface area contributed by atoms with E-state index < -0.39 is 11.8 Å². The molecule has 150 valence electrons. The van der Waals surface area contributed by atoms with E-state index in [1.807, 2.05) is 48.5 Å². The number of para-hydroxylation sites is 3. The number of nitrogens with one attached hydrogen (secondary N) is 1. The van der Waals surface area contributed by atoms with Crippen molar-refractivity contribution in [1.82, 2.24) is 5.43 Å². The van der Waals surface area contributed by atoms with Crippen LogP contribution in [-0.2, 0) is 9.59 Å². The molecule has 2 amide bonds. The summed E-state index contributed by atoms with van der Waals surface area (Å²) in [5, 5.41) is 1.24. The summed E-state index contributed by atoms with van der Waals surface area (Å²) in [7, 11) is 0. The van der Waals surface area contributed by atoms with Crippen LogP contribution in [0.2, 0.25) is 0 Å². The summed E-state index contributed by atoms with van der Waals surface area (Å²) in [5.74, 6) is 0.477. The van der Waals surface area contributed by atoms with E-state index in [1.54, 1.807) is 42.5 Å². The van der Waals surface area contributed by atoms with Crippen LogP contribution in [0.5, 0.6) is 11.5 Å². The van der Waals surface area contributed by atoms with Crippen molar-refractivity contribution in [2.24, 2.45) is 0 Å². The van der Waals surface area contributed by atoms with Crippen molar-refractivity contribution in [2.45, 2.75) is 0 Å². The molecule has 0 atom stereocenters. The third-order valence-corrected chi connectivity index (χ3v) is 4.48. The first-order valence-corrected chi connectivity index (χ1v) is 9.54. The second-order valence-electron chi connectivity index (χ2n) is 6.52. The van der Waals surface area contributed by atoms with Crippen molar-refractivity contribution in [3.05, 3.63) is 96.1 Å². The monoisotopic (exact) mass is 400 g/mol. The highest BCUT2D eigenvalue weighted by atomic mass is 16.5. The van der Waals surface area contributed by atoms with Gasteiger partial charge in [0.25, 0.3) is 11.8 Å². The van der Waals surface area contributed by atoms with Crippen molar-refractivity contribution in [2.75, 3.05) is 18.2 Å². The van der Waals surface area contributed by atoms with Gasteiger partial charge < -0.3 is 9.47 Å². The van der Waals surface area contributed by atoms with E-state index in [0.717, 1.165) is 5.75 Å². The van der Waals surface area contributed by atoms with Crippen LogP contribution in [0.4, 0.5) is 5.69 Å². The topological polar surface area (TPSA) is 67.9 Å². The van der Waals surface area contributed by atoms with E-state index in [2.05, 4.69) is 5.43 Å².